The van der Waals surface area contributed by atoms with Crippen LogP contribution in [0, 0.1) is 5.82 Å². The molecule has 1 N–H and O–H groups in total. The number of nitrogens with one attached hydrogen (secondary N) is 1. The monoisotopic (exact) mass is 287 g/mol. The number of rotatable bonds is 7. The van der Waals surface area contributed by atoms with Gasteiger partial charge in [0.15, 0.2) is 9.84 Å². The van der Waals surface area contributed by atoms with Crippen molar-refractivity contribution in [2.45, 2.75) is 50.5 Å². The Balaban J connectivity index is 2.93. The smallest absolute Gasteiger partial charge is 0.175 e. The lowest BCUT2D eigenvalue weighted by Crippen LogP contribution is -2.19. The SMILES string of the molecule is CCCCC(CC)Nc1cc(S(C)(=O)=O)ccc1F. The van der Waals surface area contributed by atoms with Gasteiger partial charge in [0.25, 0.3) is 0 Å². The molecule has 0 bridgehead atoms. The van der Waals surface area contributed by atoms with Gasteiger partial charge in [0.2, 0.25) is 0 Å². The summed E-state index contributed by atoms with van der Waals surface area (Å²) in [5, 5.41) is 3.10. The molecule has 0 amide bonds. The van der Waals surface area contributed by atoms with Gasteiger partial charge < -0.3 is 5.32 Å². The summed E-state index contributed by atoms with van der Waals surface area (Å²) in [5.41, 5.74) is 0.269. The summed E-state index contributed by atoms with van der Waals surface area (Å²) in [6.45, 7) is 4.14. The molecule has 0 saturated heterocycles. The summed E-state index contributed by atoms with van der Waals surface area (Å²) in [6, 6.07) is 4.04. The number of unbranched alkanes of at least 4 members (excludes halogenated alkanes) is 1. The maximum Gasteiger partial charge on any atom is 0.175 e. The van der Waals surface area contributed by atoms with Crippen molar-refractivity contribution in [1.82, 2.24) is 0 Å². The second-order valence-corrected chi connectivity index (χ2v) is 6.82. The van der Waals surface area contributed by atoms with Gasteiger partial charge in [0.1, 0.15) is 5.82 Å². The largest absolute Gasteiger partial charge is 0.380 e. The molecule has 1 aromatic rings. The van der Waals surface area contributed by atoms with Crippen molar-refractivity contribution in [1.29, 1.82) is 0 Å². The van der Waals surface area contributed by atoms with Crippen LogP contribution in [-0.4, -0.2) is 20.7 Å². The lowest BCUT2D eigenvalue weighted by atomic mass is 10.1. The minimum atomic E-state index is -3.31. The van der Waals surface area contributed by atoms with Crippen molar-refractivity contribution in [3.8, 4) is 0 Å². The Morgan fingerprint density at radius 3 is 2.53 bits per heavy atom. The van der Waals surface area contributed by atoms with Crippen molar-refractivity contribution in [2.24, 2.45) is 0 Å². The first-order valence-electron chi connectivity index (χ1n) is 6.64. The standard InChI is InChI=1S/C14H22FNO2S/c1-4-6-7-11(5-2)16-14-10-12(19(3,17)18)8-9-13(14)15/h8-11,16H,4-7H2,1-3H3. The number of benzene rings is 1. The van der Waals surface area contributed by atoms with Crippen LogP contribution >= 0.6 is 0 Å². The van der Waals surface area contributed by atoms with Crippen molar-refractivity contribution in [3.63, 3.8) is 0 Å². The number of hydrogen-bond acceptors (Lipinski definition) is 3. The summed E-state index contributed by atoms with van der Waals surface area (Å²) < 4.78 is 36.7. The van der Waals surface area contributed by atoms with Crippen molar-refractivity contribution in [3.05, 3.63) is 24.0 Å². The van der Waals surface area contributed by atoms with Crippen molar-refractivity contribution >= 4 is 15.5 Å². The van der Waals surface area contributed by atoms with Gasteiger partial charge in [-0.2, -0.15) is 0 Å². The summed E-state index contributed by atoms with van der Waals surface area (Å²) >= 11 is 0. The molecule has 1 atom stereocenters. The van der Waals surface area contributed by atoms with Crippen LogP contribution in [0.3, 0.4) is 0 Å². The molecule has 0 aromatic heterocycles. The first-order valence-corrected chi connectivity index (χ1v) is 8.53. The molecule has 0 radical (unpaired) electrons. The van der Waals surface area contributed by atoms with Gasteiger partial charge in [-0.05, 0) is 31.0 Å². The molecular formula is C14H22FNO2S. The molecule has 0 fully saturated rings. The maximum absolute atomic E-state index is 13.7. The second kappa shape index (κ2) is 6.89. The third-order valence-electron chi connectivity index (χ3n) is 3.12. The number of halogens is 1. The molecule has 0 aliphatic heterocycles. The summed E-state index contributed by atoms with van der Waals surface area (Å²) in [4.78, 5) is 0.141. The minimum Gasteiger partial charge on any atom is -0.380 e. The Kier molecular flexibility index (Phi) is 5.79. The summed E-state index contributed by atoms with van der Waals surface area (Å²) in [6.07, 6.45) is 5.11. The van der Waals surface area contributed by atoms with Gasteiger partial charge in [-0.3, -0.25) is 0 Å². The molecule has 0 spiro atoms. The zero-order chi connectivity index (χ0) is 14.5. The van der Waals surface area contributed by atoms with Crippen molar-refractivity contribution in [2.75, 3.05) is 11.6 Å². The van der Waals surface area contributed by atoms with Crippen LogP contribution in [0.4, 0.5) is 10.1 Å². The van der Waals surface area contributed by atoms with E-state index in [1.165, 1.54) is 18.2 Å². The van der Waals surface area contributed by atoms with E-state index in [2.05, 4.69) is 12.2 Å². The Labute approximate surface area is 115 Å². The topological polar surface area (TPSA) is 46.2 Å². The molecule has 0 aliphatic rings. The van der Waals surface area contributed by atoms with E-state index in [4.69, 9.17) is 0 Å². The number of hydrogen-bond donors (Lipinski definition) is 1. The van der Waals surface area contributed by atoms with E-state index >= 15 is 0 Å². The van der Waals surface area contributed by atoms with Crippen LogP contribution in [0.15, 0.2) is 23.1 Å². The molecule has 1 unspecified atom stereocenters. The zero-order valence-electron chi connectivity index (χ0n) is 11.7. The molecule has 1 aromatic carbocycles. The van der Waals surface area contributed by atoms with Crippen LogP contribution < -0.4 is 5.32 Å². The third kappa shape index (κ3) is 4.82. The third-order valence-corrected chi connectivity index (χ3v) is 4.23. The fourth-order valence-electron chi connectivity index (χ4n) is 1.89. The molecule has 0 aliphatic carbocycles. The van der Waals surface area contributed by atoms with E-state index in [9.17, 15) is 12.8 Å². The average Bonchev–Trinajstić information content (AvgIpc) is 2.35. The number of sulfone groups is 1. The highest BCUT2D eigenvalue weighted by Gasteiger charge is 2.13. The first kappa shape index (κ1) is 16.0. The van der Waals surface area contributed by atoms with E-state index in [0.29, 0.717) is 0 Å². The van der Waals surface area contributed by atoms with Crippen molar-refractivity contribution < 1.29 is 12.8 Å². The fraction of sp³-hybridized carbons (Fsp3) is 0.571. The Bertz CT molecular complexity index is 514. The van der Waals surface area contributed by atoms with Crippen LogP contribution in [0.1, 0.15) is 39.5 Å². The van der Waals surface area contributed by atoms with Crippen LogP contribution in [-0.2, 0) is 9.84 Å². The molecule has 0 saturated carbocycles. The quantitative estimate of drug-likeness (QED) is 0.779. The van der Waals surface area contributed by atoms with E-state index in [0.717, 1.165) is 31.9 Å². The van der Waals surface area contributed by atoms with E-state index < -0.39 is 15.7 Å². The highest BCUT2D eigenvalue weighted by molar-refractivity contribution is 7.90. The highest BCUT2D eigenvalue weighted by Crippen LogP contribution is 2.22. The molecule has 0 heterocycles. The van der Waals surface area contributed by atoms with Crippen LogP contribution in [0.2, 0.25) is 0 Å². The van der Waals surface area contributed by atoms with Gasteiger partial charge in [0, 0.05) is 12.3 Å². The molecule has 108 valence electrons. The first-order chi connectivity index (χ1) is 8.88. The molecule has 5 heteroatoms. The Morgan fingerprint density at radius 2 is 2.00 bits per heavy atom. The molecule has 19 heavy (non-hydrogen) atoms. The van der Waals surface area contributed by atoms with E-state index in [1.807, 2.05) is 6.92 Å². The van der Waals surface area contributed by atoms with Gasteiger partial charge in [-0.1, -0.05) is 26.7 Å². The minimum absolute atomic E-state index is 0.141. The van der Waals surface area contributed by atoms with Crippen LogP contribution in [0.25, 0.3) is 0 Å². The maximum atomic E-state index is 13.7. The highest BCUT2D eigenvalue weighted by atomic mass is 32.2. The molecular weight excluding hydrogens is 265 g/mol. The summed E-state index contributed by atoms with van der Waals surface area (Å²) in [5.74, 6) is -0.414. The van der Waals surface area contributed by atoms with Gasteiger partial charge in [0.05, 0.1) is 10.6 Å². The van der Waals surface area contributed by atoms with E-state index in [-0.39, 0.29) is 16.6 Å². The Hall–Kier alpha value is -1.10. The lowest BCUT2D eigenvalue weighted by Gasteiger charge is -2.19. The average molecular weight is 287 g/mol. The second-order valence-electron chi connectivity index (χ2n) is 4.81. The molecule has 1 rings (SSSR count). The Morgan fingerprint density at radius 1 is 1.32 bits per heavy atom. The lowest BCUT2D eigenvalue weighted by molar-refractivity contribution is 0.579. The van der Waals surface area contributed by atoms with Crippen LogP contribution in [0.5, 0.6) is 0 Å². The predicted octanol–water partition coefficient (Wildman–Crippen LogP) is 3.61. The van der Waals surface area contributed by atoms with E-state index in [1.54, 1.807) is 0 Å². The predicted molar refractivity (Wildman–Crippen MR) is 76.7 cm³/mol. The molecule has 3 nitrogen and oxygen atoms in total. The normalized spacial score (nSPS) is 13.3. The summed E-state index contributed by atoms with van der Waals surface area (Å²) in [7, 11) is -3.31. The zero-order valence-corrected chi connectivity index (χ0v) is 12.6. The number of anilines is 1. The van der Waals surface area contributed by atoms with Gasteiger partial charge in [-0.25, -0.2) is 12.8 Å². The fourth-order valence-corrected chi connectivity index (χ4v) is 2.54. The van der Waals surface area contributed by atoms with Gasteiger partial charge >= 0.3 is 0 Å². The van der Waals surface area contributed by atoms with Gasteiger partial charge in [-0.15, -0.1) is 0 Å².